The molecule has 7 aromatic rings. The van der Waals surface area contributed by atoms with E-state index in [1.165, 1.54) is 55.9 Å². The summed E-state index contributed by atoms with van der Waals surface area (Å²) in [7, 11) is 1.25. The molecule has 8 N–H and O–H groups in total. The summed E-state index contributed by atoms with van der Waals surface area (Å²) in [6, 6.07) is 18.3. The van der Waals surface area contributed by atoms with Crippen molar-refractivity contribution in [2.45, 2.75) is 155 Å². The molecule has 4 aromatic carbocycles. The van der Waals surface area contributed by atoms with Crippen LogP contribution in [0.15, 0.2) is 78.9 Å². The molecule has 0 spiro atoms. The van der Waals surface area contributed by atoms with Crippen LogP contribution in [-0.2, 0) is 24.4 Å². The van der Waals surface area contributed by atoms with Crippen molar-refractivity contribution in [3.63, 3.8) is 0 Å². The van der Waals surface area contributed by atoms with E-state index >= 15 is 0 Å². The molecule has 0 aliphatic carbocycles. The maximum absolute atomic E-state index is 13.8. The molecule has 6 heterocycles. The fourth-order valence-electron chi connectivity index (χ4n) is 10.8. The minimum atomic E-state index is -0.702. The Bertz CT molecular complexity index is 4010. The number of fused-ring (bicyclic) bond motifs is 3. The number of hydrogen-bond acceptors (Lipinski definition) is 10. The first-order chi connectivity index (χ1) is 43.9. The quantitative estimate of drug-likeness (QED) is 0.0943. The van der Waals surface area contributed by atoms with Gasteiger partial charge < -0.3 is 42.4 Å². The second kappa shape index (κ2) is 29.9. The van der Waals surface area contributed by atoms with Gasteiger partial charge in [0.1, 0.15) is 40.1 Å². The number of ether oxygens (including phenoxy) is 1. The molecule has 10 rings (SSSR count). The Morgan fingerprint density at radius 3 is 1.28 bits per heavy atom. The fraction of sp³-hybridized carbons (Fsp3) is 0.426. The molecule has 0 saturated carbocycles. The van der Waals surface area contributed by atoms with E-state index in [-0.39, 0.29) is 87.1 Å². The predicted octanol–water partition coefficient (Wildman–Crippen LogP) is 15.8. The molecular weight excluding hydrogens is 1270 g/mol. The van der Waals surface area contributed by atoms with Crippen molar-refractivity contribution in [3.8, 4) is 33.8 Å². The SMILES string of the molecule is C.CC.CC(C)(C)C1CNCc2c(C(N)=O)c(-c3ccc(F)c(Cl)c3)nn21.CC(C)(C)OC(=O)N1Cc2c(C(N)=O)c(-c3ccc(F)c(Cl)c3)nn2C(C(C)(C)C)C1.[2H]C.[C-]#[N+]c1ccc(NC(=O)N2Cc3c(C(N)=O)c(-c4ccc(F)c(Cl)c4)nn3C(C(C)(C)C)C2)cc1. The van der Waals surface area contributed by atoms with Crippen molar-refractivity contribution in [3.05, 3.63) is 157 Å². The minimum Gasteiger partial charge on any atom is -0.444 e. The number of hydrogen-bond donors (Lipinski definition) is 5. The Labute approximate surface area is 564 Å². The number of anilines is 1. The lowest BCUT2D eigenvalue weighted by molar-refractivity contribution is 0.00893. The van der Waals surface area contributed by atoms with Crippen molar-refractivity contribution in [2.75, 3.05) is 25.0 Å². The summed E-state index contributed by atoms with van der Waals surface area (Å²) in [5.41, 5.74) is 21.8. The van der Waals surface area contributed by atoms with E-state index in [1.54, 1.807) is 70.3 Å². The molecule has 0 saturated heterocycles. The molecule has 3 aliphatic rings. The summed E-state index contributed by atoms with van der Waals surface area (Å²) in [5, 5.41) is 20.0. The third-order valence-corrected chi connectivity index (χ3v) is 16.4. The molecule has 0 radical (unpaired) electrons. The van der Waals surface area contributed by atoms with Crippen LogP contribution in [0.25, 0.3) is 38.6 Å². The monoisotopic (exact) mass is 1360 g/mol. The minimum absolute atomic E-state index is 0. The number of nitrogens with zero attached hydrogens (tertiary/aromatic N) is 9. The van der Waals surface area contributed by atoms with E-state index in [0.29, 0.717) is 81.7 Å². The molecule has 6 amide bonds. The molecule has 3 atom stereocenters. The van der Waals surface area contributed by atoms with Crippen LogP contribution in [0.2, 0.25) is 15.1 Å². The number of carbonyl (C=O) groups is 5. The van der Waals surface area contributed by atoms with Gasteiger partial charge in [-0.1, -0.05) is 138 Å². The largest absolute Gasteiger partial charge is 0.444 e. The van der Waals surface area contributed by atoms with Gasteiger partial charge in [-0.05, 0) is 104 Å². The number of aromatic nitrogens is 6. The normalized spacial score (nSPS) is 15.9. The Kier molecular flexibility index (Phi) is 23.7. The van der Waals surface area contributed by atoms with E-state index in [2.05, 4.69) is 46.4 Å². The zero-order chi connectivity index (χ0) is 70.4. The van der Waals surface area contributed by atoms with Crippen LogP contribution >= 0.6 is 34.8 Å². The molecule has 94 heavy (non-hydrogen) atoms. The number of rotatable bonds is 7. The predicted molar refractivity (Wildman–Crippen MR) is 364 cm³/mol. The van der Waals surface area contributed by atoms with E-state index in [9.17, 15) is 37.1 Å². The summed E-state index contributed by atoms with van der Waals surface area (Å²) in [5.74, 6) is -3.61. The molecule has 0 bridgehead atoms. The molecule has 3 aliphatic heterocycles. The van der Waals surface area contributed by atoms with Gasteiger partial charge in [0.25, 0.3) is 17.7 Å². The highest BCUT2D eigenvalue weighted by Gasteiger charge is 2.43. The maximum Gasteiger partial charge on any atom is 0.410 e. The molecule has 3 aromatic heterocycles. The van der Waals surface area contributed by atoms with Gasteiger partial charge in [0.15, 0.2) is 5.69 Å². The Balaban J connectivity index is 0.000000254. The van der Waals surface area contributed by atoms with Crippen LogP contribution in [0.4, 0.5) is 34.1 Å². The summed E-state index contributed by atoms with van der Waals surface area (Å²) < 4.78 is 57.6. The van der Waals surface area contributed by atoms with Crippen molar-refractivity contribution in [1.29, 1.82) is 0 Å². The first-order valence-electron chi connectivity index (χ1n) is 30.7. The van der Waals surface area contributed by atoms with Crippen LogP contribution in [0.3, 0.4) is 0 Å². The lowest BCUT2D eigenvalue weighted by Crippen LogP contribution is -2.47. The van der Waals surface area contributed by atoms with Gasteiger partial charge >= 0.3 is 12.1 Å². The lowest BCUT2D eigenvalue weighted by Gasteiger charge is -2.40. The van der Waals surface area contributed by atoms with Crippen LogP contribution in [0, 0.1) is 40.3 Å². The van der Waals surface area contributed by atoms with Crippen molar-refractivity contribution in [2.24, 2.45) is 33.4 Å². The Morgan fingerprint density at radius 2 is 0.936 bits per heavy atom. The number of primary amides is 3. The van der Waals surface area contributed by atoms with E-state index in [4.69, 9.17) is 69.8 Å². The zero-order valence-electron chi connectivity index (χ0n) is 56.0. The zero-order valence-corrected chi connectivity index (χ0v) is 57.2. The Hall–Kier alpha value is -8.43. The highest BCUT2D eigenvalue weighted by atomic mass is 35.5. The average molecular weight is 1360 g/mol. The van der Waals surface area contributed by atoms with Crippen molar-refractivity contribution < 1.29 is 43.3 Å². The van der Waals surface area contributed by atoms with E-state index in [0.717, 1.165) is 12.2 Å². The van der Waals surface area contributed by atoms with Gasteiger partial charge in [-0.3, -0.25) is 28.4 Å². The van der Waals surface area contributed by atoms with E-state index < -0.39 is 46.9 Å². The second-order valence-electron chi connectivity index (χ2n) is 26.4. The smallest absolute Gasteiger partial charge is 0.410 e. The van der Waals surface area contributed by atoms with Crippen LogP contribution in [0.5, 0.6) is 0 Å². The molecule has 26 heteroatoms. The summed E-state index contributed by atoms with van der Waals surface area (Å²) in [4.78, 5) is 69.7. The number of halogens is 6. The number of carbonyl (C=O) groups excluding carboxylic acids is 5. The standard InChI is InChI=1S/C25H24ClFN6O2.C22H28ClFN4O3.C17H20ClFN4O.C2H6.2CH4/c1-25(2,3)20-13-32(24(35)30-16-8-6-15(29-4)7-9-16)12-19-21(23(28)34)22(31-33(19)20)14-5-10-18(27)17(26)11-14;1-21(2,3)16-11-27(20(30)31-22(4,5)6)10-15-17(19(25)29)18(26-28(15)16)12-7-8-14(24)13(23)9-12;1-17(2,3)13-8-21-7-12-14(16(20)24)15(22-23(12)13)9-4-5-11(19)10(18)6-9;1-2;;/h5-11,20H,12-13H2,1-3H3,(H2,28,34)(H,30,35);7-9,16H,10-11H2,1-6H3,(H2,25,29);4-6,13,21H,7-8H2,1-3H3,(H2,20,24);1-2H3;2*1H4/i;;;;1D;. The van der Waals surface area contributed by atoms with E-state index in [1.807, 2.05) is 60.1 Å². The van der Waals surface area contributed by atoms with Gasteiger partial charge in [-0.25, -0.2) is 27.6 Å². The highest BCUT2D eigenvalue weighted by Crippen LogP contribution is 2.43. The number of amides is 6. The molecule has 506 valence electrons. The van der Waals surface area contributed by atoms with Crippen LogP contribution < -0.4 is 27.8 Å². The molecule has 20 nitrogen and oxygen atoms in total. The van der Waals surface area contributed by atoms with Gasteiger partial charge in [0.05, 0.1) is 86.6 Å². The average Bonchev–Trinajstić information content (AvgIpc) is 1.63. The number of benzene rings is 4. The Morgan fingerprint density at radius 1 is 0.585 bits per heavy atom. The molecule has 3 unspecified atom stereocenters. The summed E-state index contributed by atoms with van der Waals surface area (Å²) in [6.07, 6.45) is -0.476. The highest BCUT2D eigenvalue weighted by molar-refractivity contribution is 6.31. The number of nitrogens with two attached hydrogens (primary N) is 3. The van der Waals surface area contributed by atoms with Gasteiger partial charge in [0, 0.05) is 49.9 Å². The van der Waals surface area contributed by atoms with Crippen molar-refractivity contribution in [1.82, 2.24) is 44.5 Å². The summed E-state index contributed by atoms with van der Waals surface area (Å²) >= 11 is 17.8. The third kappa shape index (κ3) is 16.9. The van der Waals surface area contributed by atoms with Crippen LogP contribution in [0.1, 0.15) is 179 Å². The summed E-state index contributed by atoms with van der Waals surface area (Å²) in [6.45, 7) is 37.1. The maximum atomic E-state index is 13.8. The lowest BCUT2D eigenvalue weighted by atomic mass is 9.85. The third-order valence-electron chi connectivity index (χ3n) is 15.5. The van der Waals surface area contributed by atoms with Gasteiger partial charge in [0.2, 0.25) is 0 Å². The van der Waals surface area contributed by atoms with Crippen molar-refractivity contribution >= 4 is 76.0 Å². The molecule has 0 fully saturated rings. The van der Waals surface area contributed by atoms with Gasteiger partial charge in [-0.15, -0.1) is 0 Å². The fourth-order valence-corrected chi connectivity index (χ4v) is 11.4. The van der Waals surface area contributed by atoms with Gasteiger partial charge in [-0.2, -0.15) is 15.3 Å². The topological polar surface area (TPSA) is 261 Å². The first kappa shape index (κ1) is 74.6. The number of urea groups is 1. The second-order valence-corrected chi connectivity index (χ2v) is 27.7. The van der Waals surface area contributed by atoms with Crippen LogP contribution in [-0.4, -0.2) is 94.2 Å². The first-order valence-corrected chi connectivity index (χ1v) is 30.8. The molecular formula is C68H86Cl3F3N14O6. The number of nitrogens with one attached hydrogen (secondary N) is 2.